The molecular formula is C13H17NO3. The van der Waals surface area contributed by atoms with Gasteiger partial charge in [0, 0.05) is 11.3 Å². The molecule has 0 aliphatic carbocycles. The van der Waals surface area contributed by atoms with Gasteiger partial charge in [-0.15, -0.1) is 0 Å². The summed E-state index contributed by atoms with van der Waals surface area (Å²) in [4.78, 5) is 11.9. The summed E-state index contributed by atoms with van der Waals surface area (Å²) in [6.45, 7) is 1.96. The third-order valence-electron chi connectivity index (χ3n) is 3.51. The Morgan fingerprint density at radius 1 is 1.59 bits per heavy atom. The summed E-state index contributed by atoms with van der Waals surface area (Å²) >= 11 is 0. The molecule has 1 aliphatic heterocycles. The van der Waals surface area contributed by atoms with Crippen LogP contribution in [0.5, 0.6) is 5.75 Å². The molecule has 0 radical (unpaired) electrons. The van der Waals surface area contributed by atoms with Crippen LogP contribution in [-0.2, 0) is 16.0 Å². The fourth-order valence-corrected chi connectivity index (χ4v) is 2.37. The SMILES string of the molecule is CCC1(C(=O)OC)CCc2c(O)cccc2N1. The third-order valence-corrected chi connectivity index (χ3v) is 3.51. The summed E-state index contributed by atoms with van der Waals surface area (Å²) in [5.41, 5.74) is 1.04. The van der Waals surface area contributed by atoms with E-state index < -0.39 is 5.54 Å². The maximum Gasteiger partial charge on any atom is 0.331 e. The normalized spacial score (nSPS) is 22.5. The number of phenolic OH excluding ortho intramolecular Hbond substituents is 1. The fourth-order valence-electron chi connectivity index (χ4n) is 2.37. The van der Waals surface area contributed by atoms with Gasteiger partial charge in [0.25, 0.3) is 0 Å². The maximum absolute atomic E-state index is 11.9. The molecule has 0 spiro atoms. The molecule has 4 heteroatoms. The number of phenols is 1. The van der Waals surface area contributed by atoms with E-state index in [4.69, 9.17) is 4.74 Å². The molecular weight excluding hydrogens is 218 g/mol. The van der Waals surface area contributed by atoms with Crippen LogP contribution in [0, 0.1) is 0 Å². The Morgan fingerprint density at radius 2 is 2.35 bits per heavy atom. The second-order valence-corrected chi connectivity index (χ2v) is 4.36. The van der Waals surface area contributed by atoms with Crippen molar-refractivity contribution in [3.63, 3.8) is 0 Å². The predicted molar refractivity (Wildman–Crippen MR) is 65.1 cm³/mol. The van der Waals surface area contributed by atoms with Crippen LogP contribution in [0.1, 0.15) is 25.3 Å². The summed E-state index contributed by atoms with van der Waals surface area (Å²) in [6, 6.07) is 5.31. The van der Waals surface area contributed by atoms with Gasteiger partial charge in [-0.2, -0.15) is 0 Å². The molecule has 1 aliphatic rings. The first-order chi connectivity index (χ1) is 8.13. The van der Waals surface area contributed by atoms with Crippen molar-refractivity contribution < 1.29 is 14.6 Å². The first kappa shape index (κ1) is 11.8. The molecule has 4 nitrogen and oxygen atoms in total. The molecule has 1 aromatic rings. The summed E-state index contributed by atoms with van der Waals surface area (Å²) in [5, 5.41) is 13.0. The topological polar surface area (TPSA) is 58.6 Å². The zero-order valence-electron chi connectivity index (χ0n) is 10.1. The van der Waals surface area contributed by atoms with Crippen molar-refractivity contribution in [2.24, 2.45) is 0 Å². The summed E-state index contributed by atoms with van der Waals surface area (Å²) in [6.07, 6.45) is 1.98. The Morgan fingerprint density at radius 3 is 3.00 bits per heavy atom. The van der Waals surface area contributed by atoms with E-state index in [1.807, 2.05) is 13.0 Å². The quantitative estimate of drug-likeness (QED) is 0.770. The Labute approximate surface area is 101 Å². The zero-order valence-corrected chi connectivity index (χ0v) is 10.1. The number of carbonyl (C=O) groups is 1. The molecule has 0 saturated carbocycles. The maximum atomic E-state index is 11.9. The third kappa shape index (κ3) is 1.84. The highest BCUT2D eigenvalue weighted by atomic mass is 16.5. The second-order valence-electron chi connectivity index (χ2n) is 4.36. The van der Waals surface area contributed by atoms with E-state index in [0.717, 1.165) is 11.3 Å². The molecule has 0 saturated heterocycles. The van der Waals surface area contributed by atoms with Crippen LogP contribution in [0.2, 0.25) is 0 Å². The number of hydrogen-bond acceptors (Lipinski definition) is 4. The predicted octanol–water partition coefficient (Wildman–Crippen LogP) is 2.07. The molecule has 1 heterocycles. The van der Waals surface area contributed by atoms with Gasteiger partial charge in [-0.3, -0.25) is 0 Å². The second kappa shape index (κ2) is 4.28. The number of hydrogen-bond donors (Lipinski definition) is 2. The smallest absolute Gasteiger partial charge is 0.331 e. The van der Waals surface area contributed by atoms with Gasteiger partial charge in [-0.1, -0.05) is 13.0 Å². The Hall–Kier alpha value is -1.71. The molecule has 2 rings (SSSR count). The number of fused-ring (bicyclic) bond motifs is 1. The summed E-state index contributed by atoms with van der Waals surface area (Å²) < 4.78 is 4.87. The molecule has 1 unspecified atom stereocenters. The van der Waals surface area contributed by atoms with E-state index in [1.54, 1.807) is 12.1 Å². The molecule has 0 bridgehead atoms. The van der Waals surface area contributed by atoms with Gasteiger partial charge in [0.05, 0.1) is 7.11 Å². The van der Waals surface area contributed by atoms with Gasteiger partial charge in [0.2, 0.25) is 0 Å². The van der Waals surface area contributed by atoms with E-state index in [1.165, 1.54) is 7.11 Å². The van der Waals surface area contributed by atoms with Crippen LogP contribution in [0.15, 0.2) is 18.2 Å². The molecule has 17 heavy (non-hydrogen) atoms. The average Bonchev–Trinajstić information content (AvgIpc) is 2.37. The largest absolute Gasteiger partial charge is 0.508 e. The monoisotopic (exact) mass is 235 g/mol. The number of rotatable bonds is 2. The van der Waals surface area contributed by atoms with Crippen molar-refractivity contribution in [1.82, 2.24) is 0 Å². The minimum atomic E-state index is -0.657. The molecule has 0 amide bonds. The Balaban J connectivity index is 2.37. The average molecular weight is 235 g/mol. The van der Waals surface area contributed by atoms with E-state index in [0.29, 0.717) is 19.3 Å². The Bertz CT molecular complexity index is 444. The van der Waals surface area contributed by atoms with E-state index >= 15 is 0 Å². The first-order valence-corrected chi connectivity index (χ1v) is 5.80. The van der Waals surface area contributed by atoms with Crippen molar-refractivity contribution in [2.45, 2.75) is 31.7 Å². The number of carbonyl (C=O) groups excluding carboxylic acids is 1. The number of nitrogens with one attached hydrogen (secondary N) is 1. The lowest BCUT2D eigenvalue weighted by molar-refractivity contribution is -0.146. The van der Waals surface area contributed by atoms with Gasteiger partial charge in [0.1, 0.15) is 11.3 Å². The zero-order chi connectivity index (χ0) is 12.5. The van der Waals surface area contributed by atoms with Gasteiger partial charge in [-0.05, 0) is 31.4 Å². The van der Waals surface area contributed by atoms with E-state index in [-0.39, 0.29) is 11.7 Å². The highest BCUT2D eigenvalue weighted by Crippen LogP contribution is 2.37. The number of methoxy groups -OCH3 is 1. The minimum Gasteiger partial charge on any atom is -0.508 e. The molecule has 0 aromatic heterocycles. The number of ether oxygens (including phenoxy) is 1. The fraction of sp³-hybridized carbons (Fsp3) is 0.462. The van der Waals surface area contributed by atoms with Crippen LogP contribution in [0.25, 0.3) is 0 Å². The van der Waals surface area contributed by atoms with Crippen molar-refractivity contribution in [2.75, 3.05) is 12.4 Å². The molecule has 1 atom stereocenters. The molecule has 2 N–H and O–H groups in total. The van der Waals surface area contributed by atoms with Gasteiger partial charge in [0.15, 0.2) is 0 Å². The van der Waals surface area contributed by atoms with Crippen LogP contribution in [-0.4, -0.2) is 23.7 Å². The van der Waals surface area contributed by atoms with Crippen LogP contribution < -0.4 is 5.32 Å². The van der Waals surface area contributed by atoms with Crippen molar-refractivity contribution >= 4 is 11.7 Å². The van der Waals surface area contributed by atoms with Crippen molar-refractivity contribution in [3.8, 4) is 5.75 Å². The van der Waals surface area contributed by atoms with E-state index in [2.05, 4.69) is 5.32 Å². The van der Waals surface area contributed by atoms with Gasteiger partial charge in [-0.25, -0.2) is 4.79 Å². The van der Waals surface area contributed by atoms with Gasteiger partial charge < -0.3 is 15.2 Å². The highest BCUT2D eigenvalue weighted by Gasteiger charge is 2.40. The van der Waals surface area contributed by atoms with E-state index in [9.17, 15) is 9.90 Å². The van der Waals surface area contributed by atoms with Gasteiger partial charge >= 0.3 is 5.97 Å². The van der Waals surface area contributed by atoms with Crippen LogP contribution in [0.4, 0.5) is 5.69 Å². The lowest BCUT2D eigenvalue weighted by atomic mass is 9.84. The highest BCUT2D eigenvalue weighted by molar-refractivity contribution is 5.86. The number of anilines is 1. The molecule has 0 fully saturated rings. The van der Waals surface area contributed by atoms with Crippen LogP contribution >= 0.6 is 0 Å². The lowest BCUT2D eigenvalue weighted by Crippen LogP contribution is -2.49. The van der Waals surface area contributed by atoms with Crippen molar-refractivity contribution in [1.29, 1.82) is 0 Å². The molecule has 1 aromatic carbocycles. The number of benzene rings is 1. The Kier molecular flexibility index (Phi) is 2.96. The number of esters is 1. The van der Waals surface area contributed by atoms with Crippen molar-refractivity contribution in [3.05, 3.63) is 23.8 Å². The standard InChI is InChI=1S/C13H17NO3/c1-3-13(12(16)17-2)8-7-9-10(14-13)5-4-6-11(9)15/h4-6,14-15H,3,7-8H2,1-2H3. The summed E-state index contributed by atoms with van der Waals surface area (Å²) in [5.74, 6) is 0.0403. The van der Waals surface area contributed by atoms with Crippen LogP contribution in [0.3, 0.4) is 0 Å². The lowest BCUT2D eigenvalue weighted by Gasteiger charge is -2.36. The first-order valence-electron chi connectivity index (χ1n) is 5.80. The summed E-state index contributed by atoms with van der Waals surface area (Å²) in [7, 11) is 1.40. The molecule has 92 valence electrons. The number of aromatic hydroxyl groups is 1. The minimum absolute atomic E-state index is 0.242.